The molecule has 0 aromatic heterocycles. The Morgan fingerprint density at radius 1 is 1.35 bits per heavy atom. The number of halogens is 1. The van der Waals surface area contributed by atoms with Gasteiger partial charge in [0.05, 0.1) is 5.69 Å². The molecule has 0 bridgehead atoms. The van der Waals surface area contributed by atoms with Crippen molar-refractivity contribution in [1.82, 2.24) is 5.32 Å². The van der Waals surface area contributed by atoms with Crippen LogP contribution < -0.4 is 10.2 Å². The Labute approximate surface area is 127 Å². The number of nitrogens with zero attached hydrogens (tertiary/aromatic N) is 1. The first-order chi connectivity index (χ1) is 9.51. The second-order valence-electron chi connectivity index (χ2n) is 5.30. The number of benzene rings is 1. The molecule has 0 heterocycles. The average Bonchev–Trinajstić information content (AvgIpc) is 2.44. The third-order valence-corrected chi connectivity index (χ3v) is 4.44. The molecule has 0 radical (unpaired) electrons. The normalized spacial score (nSPS) is 14.1. The Kier molecular flexibility index (Phi) is 7.38. The second kappa shape index (κ2) is 8.53. The van der Waals surface area contributed by atoms with Gasteiger partial charge in [0.1, 0.15) is 5.82 Å². The average molecular weight is 298 g/mol. The Morgan fingerprint density at radius 2 is 2.05 bits per heavy atom. The van der Waals surface area contributed by atoms with Crippen LogP contribution in [0.25, 0.3) is 0 Å². The van der Waals surface area contributed by atoms with Crippen LogP contribution >= 0.6 is 11.8 Å². The molecule has 0 saturated heterocycles. The lowest BCUT2D eigenvalue weighted by molar-refractivity contribution is 0.560. The summed E-state index contributed by atoms with van der Waals surface area (Å²) in [6.45, 7) is 7.28. The standard InChI is InChI=1S/C16H27FN2S/c1-6-9-18-13(3)14-7-8-16(15(17)10-14)19(4)12(2)11-20-5/h7-8,10,12-13,18H,6,9,11H2,1-5H3. The van der Waals surface area contributed by atoms with Crippen LogP contribution in [0.2, 0.25) is 0 Å². The van der Waals surface area contributed by atoms with Gasteiger partial charge in [-0.2, -0.15) is 11.8 Å². The van der Waals surface area contributed by atoms with Crippen LogP contribution in [0, 0.1) is 5.82 Å². The van der Waals surface area contributed by atoms with Crippen molar-refractivity contribution in [2.24, 2.45) is 0 Å². The zero-order chi connectivity index (χ0) is 15.1. The first kappa shape index (κ1) is 17.3. The number of rotatable bonds is 8. The lowest BCUT2D eigenvalue weighted by atomic mass is 10.1. The van der Waals surface area contributed by atoms with E-state index in [9.17, 15) is 4.39 Å². The third kappa shape index (κ3) is 4.67. The molecular weight excluding hydrogens is 271 g/mol. The highest BCUT2D eigenvalue weighted by Gasteiger charge is 2.15. The fourth-order valence-corrected chi connectivity index (χ4v) is 2.85. The summed E-state index contributed by atoms with van der Waals surface area (Å²) in [4.78, 5) is 2.01. The van der Waals surface area contributed by atoms with E-state index in [4.69, 9.17) is 0 Å². The molecule has 0 fully saturated rings. The van der Waals surface area contributed by atoms with Crippen LogP contribution in [0.3, 0.4) is 0 Å². The molecule has 2 atom stereocenters. The molecule has 0 aliphatic heterocycles. The maximum Gasteiger partial charge on any atom is 0.146 e. The first-order valence-corrected chi connectivity index (χ1v) is 8.65. The van der Waals surface area contributed by atoms with Crippen molar-refractivity contribution in [2.45, 2.75) is 39.3 Å². The van der Waals surface area contributed by atoms with Crippen LogP contribution in [0.5, 0.6) is 0 Å². The van der Waals surface area contributed by atoms with Crippen LogP contribution in [0.1, 0.15) is 38.8 Å². The number of hydrogen-bond acceptors (Lipinski definition) is 3. The van der Waals surface area contributed by atoms with Gasteiger partial charge in [-0.3, -0.25) is 0 Å². The number of thioether (sulfide) groups is 1. The minimum atomic E-state index is -0.136. The molecule has 1 aromatic rings. The molecule has 114 valence electrons. The van der Waals surface area contributed by atoms with Crippen LogP contribution in [0.4, 0.5) is 10.1 Å². The Hall–Kier alpha value is -0.740. The molecule has 1 N–H and O–H groups in total. The number of anilines is 1. The summed E-state index contributed by atoms with van der Waals surface area (Å²) in [5.41, 5.74) is 1.68. The van der Waals surface area contributed by atoms with Gasteiger partial charge in [-0.05, 0) is 50.8 Å². The SMILES string of the molecule is CCCNC(C)c1ccc(N(C)C(C)CSC)c(F)c1. The smallest absolute Gasteiger partial charge is 0.146 e. The monoisotopic (exact) mass is 298 g/mol. The minimum absolute atomic E-state index is 0.136. The Morgan fingerprint density at radius 3 is 2.60 bits per heavy atom. The molecule has 2 unspecified atom stereocenters. The van der Waals surface area contributed by atoms with E-state index in [2.05, 4.69) is 32.3 Å². The van der Waals surface area contributed by atoms with Gasteiger partial charge in [0.2, 0.25) is 0 Å². The second-order valence-corrected chi connectivity index (χ2v) is 6.21. The highest BCUT2D eigenvalue weighted by molar-refractivity contribution is 7.98. The predicted octanol–water partition coefficient (Wildman–Crippen LogP) is 4.07. The number of hydrogen-bond donors (Lipinski definition) is 1. The molecule has 0 aliphatic carbocycles. The van der Waals surface area contributed by atoms with E-state index in [0.29, 0.717) is 11.7 Å². The summed E-state index contributed by atoms with van der Waals surface area (Å²) in [6.07, 6.45) is 3.16. The molecular formula is C16H27FN2S. The van der Waals surface area contributed by atoms with Gasteiger partial charge in [0, 0.05) is 24.9 Å². The molecule has 0 aliphatic rings. The van der Waals surface area contributed by atoms with Crippen molar-refractivity contribution >= 4 is 17.4 Å². The Bertz CT molecular complexity index is 411. The molecule has 0 spiro atoms. The zero-order valence-electron chi connectivity index (χ0n) is 13.2. The lowest BCUT2D eigenvalue weighted by Crippen LogP contribution is -2.31. The van der Waals surface area contributed by atoms with E-state index < -0.39 is 0 Å². The minimum Gasteiger partial charge on any atom is -0.369 e. The molecule has 20 heavy (non-hydrogen) atoms. The van der Waals surface area contributed by atoms with Crippen molar-refractivity contribution < 1.29 is 4.39 Å². The summed E-state index contributed by atoms with van der Waals surface area (Å²) in [6, 6.07) is 6.08. The van der Waals surface area contributed by atoms with Gasteiger partial charge < -0.3 is 10.2 Å². The van der Waals surface area contributed by atoms with Gasteiger partial charge in [-0.1, -0.05) is 13.0 Å². The summed E-state index contributed by atoms with van der Waals surface area (Å²) in [5.74, 6) is 0.856. The first-order valence-electron chi connectivity index (χ1n) is 7.25. The van der Waals surface area contributed by atoms with Crippen molar-refractivity contribution in [3.63, 3.8) is 0 Å². The van der Waals surface area contributed by atoms with Gasteiger partial charge >= 0.3 is 0 Å². The summed E-state index contributed by atoms with van der Waals surface area (Å²) in [5, 5.41) is 3.38. The third-order valence-electron chi connectivity index (χ3n) is 3.62. The predicted molar refractivity (Wildman–Crippen MR) is 89.4 cm³/mol. The topological polar surface area (TPSA) is 15.3 Å². The zero-order valence-corrected chi connectivity index (χ0v) is 14.1. The summed E-state index contributed by atoms with van der Waals surface area (Å²) >= 11 is 1.78. The molecule has 0 saturated carbocycles. The fraction of sp³-hybridized carbons (Fsp3) is 0.625. The van der Waals surface area contributed by atoms with Gasteiger partial charge in [0.25, 0.3) is 0 Å². The summed E-state index contributed by atoms with van der Waals surface area (Å²) < 4.78 is 14.3. The summed E-state index contributed by atoms with van der Waals surface area (Å²) in [7, 11) is 1.96. The van der Waals surface area contributed by atoms with Crippen molar-refractivity contribution in [1.29, 1.82) is 0 Å². The Balaban J connectivity index is 2.82. The van der Waals surface area contributed by atoms with E-state index >= 15 is 0 Å². The van der Waals surface area contributed by atoms with Crippen LogP contribution in [-0.2, 0) is 0 Å². The number of nitrogens with one attached hydrogen (secondary N) is 1. The molecule has 1 rings (SSSR count). The van der Waals surface area contributed by atoms with Crippen LogP contribution in [0.15, 0.2) is 18.2 Å². The fourth-order valence-electron chi connectivity index (χ4n) is 2.15. The molecule has 1 aromatic carbocycles. The van der Waals surface area contributed by atoms with E-state index in [1.54, 1.807) is 17.8 Å². The highest BCUT2D eigenvalue weighted by Crippen LogP contribution is 2.24. The van der Waals surface area contributed by atoms with Gasteiger partial charge in [-0.25, -0.2) is 4.39 Å². The highest BCUT2D eigenvalue weighted by atomic mass is 32.2. The quantitative estimate of drug-likeness (QED) is 0.778. The molecule has 4 heteroatoms. The van der Waals surface area contributed by atoms with Crippen molar-refractivity contribution in [3.8, 4) is 0 Å². The van der Waals surface area contributed by atoms with E-state index in [1.165, 1.54) is 0 Å². The van der Waals surface area contributed by atoms with E-state index in [-0.39, 0.29) is 11.9 Å². The molecule has 2 nitrogen and oxygen atoms in total. The maximum atomic E-state index is 14.3. The van der Waals surface area contributed by atoms with Crippen molar-refractivity contribution in [2.75, 3.05) is 30.5 Å². The molecule has 0 amide bonds. The maximum absolute atomic E-state index is 14.3. The van der Waals surface area contributed by atoms with E-state index in [0.717, 1.165) is 24.3 Å². The van der Waals surface area contributed by atoms with Gasteiger partial charge in [0.15, 0.2) is 0 Å². The largest absolute Gasteiger partial charge is 0.369 e. The van der Waals surface area contributed by atoms with Gasteiger partial charge in [-0.15, -0.1) is 0 Å². The lowest BCUT2D eigenvalue weighted by Gasteiger charge is -2.27. The van der Waals surface area contributed by atoms with Crippen molar-refractivity contribution in [3.05, 3.63) is 29.6 Å². The van der Waals surface area contributed by atoms with Crippen LogP contribution in [-0.4, -0.2) is 31.6 Å². The van der Waals surface area contributed by atoms with E-state index in [1.807, 2.05) is 24.1 Å².